The molecule has 0 spiro atoms. The van der Waals surface area contributed by atoms with Gasteiger partial charge in [-0.05, 0) is 38.0 Å². The Morgan fingerprint density at radius 1 is 1.13 bits per heavy atom. The second-order valence-electron chi connectivity index (χ2n) is 7.47. The first-order chi connectivity index (χ1) is 11.2. The number of likely N-dealkylation sites (tertiary alicyclic amines) is 1. The SMILES string of the molecule is N[C@@H]1CCC[C@H]1CC(=O)N1CCCC(c2nnc3n2CCC3)C1. The van der Waals surface area contributed by atoms with Crippen molar-refractivity contribution in [2.24, 2.45) is 11.7 Å². The van der Waals surface area contributed by atoms with Crippen molar-refractivity contribution in [3.8, 4) is 0 Å². The number of nitrogens with zero attached hydrogens (tertiary/aromatic N) is 4. The van der Waals surface area contributed by atoms with Crippen molar-refractivity contribution >= 4 is 5.91 Å². The third kappa shape index (κ3) is 2.89. The number of carbonyl (C=O) groups is 1. The van der Waals surface area contributed by atoms with Gasteiger partial charge in [-0.2, -0.15) is 0 Å². The lowest BCUT2D eigenvalue weighted by atomic mass is 9.94. The average Bonchev–Trinajstić information content (AvgIpc) is 3.25. The van der Waals surface area contributed by atoms with E-state index >= 15 is 0 Å². The van der Waals surface area contributed by atoms with Gasteiger partial charge in [0.1, 0.15) is 11.6 Å². The number of carbonyl (C=O) groups excluding carboxylic acids is 1. The summed E-state index contributed by atoms with van der Waals surface area (Å²) >= 11 is 0. The van der Waals surface area contributed by atoms with E-state index in [-0.39, 0.29) is 6.04 Å². The van der Waals surface area contributed by atoms with Crippen LogP contribution in [-0.2, 0) is 17.8 Å². The van der Waals surface area contributed by atoms with Gasteiger partial charge in [-0.25, -0.2) is 0 Å². The number of aryl methyl sites for hydroxylation is 1. The number of rotatable bonds is 3. The number of fused-ring (bicyclic) bond motifs is 1. The Morgan fingerprint density at radius 3 is 2.87 bits per heavy atom. The van der Waals surface area contributed by atoms with Crippen LogP contribution in [0, 0.1) is 5.92 Å². The van der Waals surface area contributed by atoms with E-state index in [4.69, 9.17) is 5.73 Å². The van der Waals surface area contributed by atoms with Crippen molar-refractivity contribution < 1.29 is 4.79 Å². The van der Waals surface area contributed by atoms with E-state index in [2.05, 4.69) is 19.7 Å². The monoisotopic (exact) mass is 317 g/mol. The summed E-state index contributed by atoms with van der Waals surface area (Å²) in [5, 5.41) is 8.75. The standard InChI is InChI=1S/C17H27N5O/c18-14-6-1-4-12(14)10-16(23)21-8-2-5-13(11-21)17-20-19-15-7-3-9-22(15)17/h12-14H,1-11,18H2/t12-,13?,14+/m0/s1. The molecule has 1 aromatic heterocycles. The van der Waals surface area contributed by atoms with Crippen LogP contribution < -0.4 is 5.73 Å². The van der Waals surface area contributed by atoms with Gasteiger partial charge in [0.25, 0.3) is 0 Å². The van der Waals surface area contributed by atoms with Crippen molar-refractivity contribution in [2.75, 3.05) is 13.1 Å². The first kappa shape index (κ1) is 15.1. The Labute approximate surface area is 137 Å². The van der Waals surface area contributed by atoms with Crippen LogP contribution >= 0.6 is 0 Å². The third-order valence-corrected chi connectivity index (χ3v) is 5.93. The number of nitrogens with two attached hydrogens (primary N) is 1. The lowest BCUT2D eigenvalue weighted by Gasteiger charge is -2.33. The van der Waals surface area contributed by atoms with Gasteiger partial charge >= 0.3 is 0 Å². The molecule has 3 atom stereocenters. The van der Waals surface area contributed by atoms with E-state index in [0.717, 1.165) is 63.4 Å². The largest absolute Gasteiger partial charge is 0.342 e. The van der Waals surface area contributed by atoms with Crippen LogP contribution in [0.1, 0.15) is 62.5 Å². The molecule has 2 N–H and O–H groups in total. The molecule has 3 aliphatic rings. The van der Waals surface area contributed by atoms with Crippen LogP contribution in [0.5, 0.6) is 0 Å². The number of piperidine rings is 1. The van der Waals surface area contributed by atoms with E-state index in [0.29, 0.717) is 24.2 Å². The number of hydrogen-bond donors (Lipinski definition) is 1. The lowest BCUT2D eigenvalue weighted by molar-refractivity contribution is -0.133. The molecule has 4 rings (SSSR count). The van der Waals surface area contributed by atoms with Gasteiger partial charge in [0, 0.05) is 44.4 Å². The molecule has 0 radical (unpaired) electrons. The molecule has 23 heavy (non-hydrogen) atoms. The summed E-state index contributed by atoms with van der Waals surface area (Å²) in [5.41, 5.74) is 6.13. The lowest BCUT2D eigenvalue weighted by Crippen LogP contribution is -2.41. The second-order valence-corrected chi connectivity index (χ2v) is 7.47. The summed E-state index contributed by atoms with van der Waals surface area (Å²) in [6.07, 6.45) is 8.39. The molecule has 1 amide bonds. The Hall–Kier alpha value is -1.43. The smallest absolute Gasteiger partial charge is 0.222 e. The maximum Gasteiger partial charge on any atom is 0.222 e. The van der Waals surface area contributed by atoms with Crippen molar-refractivity contribution in [3.05, 3.63) is 11.6 Å². The molecule has 2 aliphatic heterocycles. The fourth-order valence-electron chi connectivity index (χ4n) is 4.56. The zero-order valence-electron chi connectivity index (χ0n) is 13.8. The van der Waals surface area contributed by atoms with Gasteiger partial charge in [0.05, 0.1) is 0 Å². The zero-order chi connectivity index (χ0) is 15.8. The molecular weight excluding hydrogens is 290 g/mol. The van der Waals surface area contributed by atoms with Crippen LogP contribution in [0.15, 0.2) is 0 Å². The normalized spacial score (nSPS) is 30.7. The molecule has 6 nitrogen and oxygen atoms in total. The minimum Gasteiger partial charge on any atom is -0.342 e. The fourth-order valence-corrected chi connectivity index (χ4v) is 4.56. The minimum absolute atomic E-state index is 0.222. The van der Waals surface area contributed by atoms with Crippen molar-refractivity contribution in [1.29, 1.82) is 0 Å². The second kappa shape index (κ2) is 6.23. The Kier molecular flexibility index (Phi) is 4.09. The Morgan fingerprint density at radius 2 is 2.04 bits per heavy atom. The molecule has 126 valence electrons. The highest BCUT2D eigenvalue weighted by Gasteiger charge is 2.32. The van der Waals surface area contributed by atoms with Gasteiger partial charge < -0.3 is 15.2 Å². The van der Waals surface area contributed by atoms with Crippen LogP contribution in [0.2, 0.25) is 0 Å². The van der Waals surface area contributed by atoms with Gasteiger partial charge in [-0.15, -0.1) is 10.2 Å². The van der Waals surface area contributed by atoms with Gasteiger partial charge in [0.2, 0.25) is 5.91 Å². The number of hydrogen-bond acceptors (Lipinski definition) is 4. The molecule has 2 fully saturated rings. The van der Waals surface area contributed by atoms with E-state index in [9.17, 15) is 4.79 Å². The van der Waals surface area contributed by atoms with E-state index in [1.165, 1.54) is 12.8 Å². The maximum atomic E-state index is 12.7. The topological polar surface area (TPSA) is 77.0 Å². The quantitative estimate of drug-likeness (QED) is 0.915. The minimum atomic E-state index is 0.222. The molecule has 1 unspecified atom stereocenters. The maximum absolute atomic E-state index is 12.7. The predicted molar refractivity (Wildman–Crippen MR) is 86.8 cm³/mol. The van der Waals surface area contributed by atoms with E-state index in [1.54, 1.807) is 0 Å². The molecule has 3 heterocycles. The highest BCUT2D eigenvalue weighted by Crippen LogP contribution is 2.31. The van der Waals surface area contributed by atoms with Crippen LogP contribution in [0.4, 0.5) is 0 Å². The van der Waals surface area contributed by atoms with Crippen molar-refractivity contribution in [3.63, 3.8) is 0 Å². The molecule has 1 saturated heterocycles. The van der Waals surface area contributed by atoms with E-state index < -0.39 is 0 Å². The van der Waals surface area contributed by atoms with Gasteiger partial charge in [-0.1, -0.05) is 6.42 Å². The Bertz CT molecular complexity index is 584. The van der Waals surface area contributed by atoms with Crippen molar-refractivity contribution in [2.45, 2.75) is 69.9 Å². The van der Waals surface area contributed by atoms with E-state index in [1.807, 2.05) is 0 Å². The molecule has 1 saturated carbocycles. The highest BCUT2D eigenvalue weighted by molar-refractivity contribution is 5.76. The van der Waals surface area contributed by atoms with Gasteiger partial charge in [-0.3, -0.25) is 4.79 Å². The summed E-state index contributed by atoms with van der Waals surface area (Å²) in [6, 6.07) is 0.222. The first-order valence-corrected chi connectivity index (χ1v) is 9.17. The number of aromatic nitrogens is 3. The summed E-state index contributed by atoms with van der Waals surface area (Å²) < 4.78 is 2.28. The Balaban J connectivity index is 1.41. The number of amides is 1. The molecule has 0 bridgehead atoms. The summed E-state index contributed by atoms with van der Waals surface area (Å²) in [6.45, 7) is 2.73. The van der Waals surface area contributed by atoms with Crippen LogP contribution in [0.25, 0.3) is 0 Å². The van der Waals surface area contributed by atoms with Crippen LogP contribution in [-0.4, -0.2) is 44.7 Å². The highest BCUT2D eigenvalue weighted by atomic mass is 16.2. The van der Waals surface area contributed by atoms with Gasteiger partial charge in [0.15, 0.2) is 0 Å². The first-order valence-electron chi connectivity index (χ1n) is 9.17. The molecule has 6 heteroatoms. The predicted octanol–water partition coefficient (Wildman–Crippen LogP) is 1.45. The molecular formula is C17H27N5O. The average molecular weight is 317 g/mol. The fraction of sp³-hybridized carbons (Fsp3) is 0.824. The molecule has 1 aromatic rings. The third-order valence-electron chi connectivity index (χ3n) is 5.93. The summed E-state index contributed by atoms with van der Waals surface area (Å²) in [7, 11) is 0. The molecule has 0 aromatic carbocycles. The molecule has 1 aliphatic carbocycles. The van der Waals surface area contributed by atoms with Crippen molar-refractivity contribution in [1.82, 2.24) is 19.7 Å². The summed E-state index contributed by atoms with van der Waals surface area (Å²) in [5.74, 6) is 3.26. The summed E-state index contributed by atoms with van der Waals surface area (Å²) in [4.78, 5) is 14.7. The zero-order valence-corrected chi connectivity index (χ0v) is 13.8. The van der Waals surface area contributed by atoms with Crippen LogP contribution in [0.3, 0.4) is 0 Å².